The molecule has 0 heterocycles. The molecule has 1 aliphatic rings. The van der Waals surface area contributed by atoms with Crippen LogP contribution in [0.5, 0.6) is 0 Å². The van der Waals surface area contributed by atoms with E-state index in [1.807, 2.05) is 0 Å². The van der Waals surface area contributed by atoms with Crippen LogP contribution in [0.3, 0.4) is 0 Å². The Morgan fingerprint density at radius 2 is 1.94 bits per heavy atom. The Bertz CT molecular complexity index is 192. The van der Waals surface area contributed by atoms with E-state index in [1.54, 1.807) is 0 Å². The van der Waals surface area contributed by atoms with Gasteiger partial charge in [0.2, 0.25) is 0 Å². The lowest BCUT2D eigenvalue weighted by Crippen LogP contribution is -2.33. The molecule has 1 saturated carbocycles. The van der Waals surface area contributed by atoms with Crippen LogP contribution in [0, 0.1) is 11.8 Å². The number of hydrogen-bond donors (Lipinski definition) is 1. The molecule has 0 bridgehead atoms. The molecule has 0 amide bonds. The Labute approximate surface area is 114 Å². The molecule has 1 fully saturated rings. The minimum Gasteiger partial charge on any atom is -0.381 e. The summed E-state index contributed by atoms with van der Waals surface area (Å²) in [7, 11) is 0. The Hall–Kier alpha value is -0.0800. The van der Waals surface area contributed by atoms with Gasteiger partial charge in [0.1, 0.15) is 0 Å². The van der Waals surface area contributed by atoms with Crippen LogP contribution in [-0.4, -0.2) is 25.8 Å². The number of rotatable bonds is 10. The quantitative estimate of drug-likeness (QED) is 0.596. The molecule has 2 heteroatoms. The van der Waals surface area contributed by atoms with Crippen molar-refractivity contribution in [3.8, 4) is 0 Å². The maximum absolute atomic E-state index is 5.86. The normalized spacial score (nSPS) is 24.0. The van der Waals surface area contributed by atoms with Crippen LogP contribution in [0.25, 0.3) is 0 Å². The van der Waals surface area contributed by atoms with Gasteiger partial charge in [0.15, 0.2) is 0 Å². The molecule has 18 heavy (non-hydrogen) atoms. The van der Waals surface area contributed by atoms with Crippen molar-refractivity contribution in [2.24, 2.45) is 11.8 Å². The van der Waals surface area contributed by atoms with E-state index in [1.165, 1.54) is 51.5 Å². The maximum atomic E-state index is 5.86. The zero-order valence-corrected chi connectivity index (χ0v) is 12.7. The van der Waals surface area contributed by atoms with Crippen molar-refractivity contribution in [3.05, 3.63) is 0 Å². The lowest BCUT2D eigenvalue weighted by molar-refractivity contribution is 0.0837. The van der Waals surface area contributed by atoms with Gasteiger partial charge in [-0.3, -0.25) is 0 Å². The van der Waals surface area contributed by atoms with E-state index in [4.69, 9.17) is 4.74 Å². The summed E-state index contributed by atoms with van der Waals surface area (Å²) >= 11 is 0. The van der Waals surface area contributed by atoms with Gasteiger partial charge in [0, 0.05) is 19.3 Å². The smallest absolute Gasteiger partial charge is 0.0494 e. The first-order chi connectivity index (χ1) is 8.81. The minimum absolute atomic E-state index is 0.765. The van der Waals surface area contributed by atoms with Crippen molar-refractivity contribution in [3.63, 3.8) is 0 Å². The second-order valence-electron chi connectivity index (χ2n) is 5.80. The average molecular weight is 255 g/mol. The first-order valence-electron chi connectivity index (χ1n) is 8.12. The Morgan fingerprint density at radius 1 is 1.17 bits per heavy atom. The SMILES string of the molecule is CCCNC1CCCC1CCOCC(CC)CC. The molecule has 1 rings (SSSR count). The summed E-state index contributed by atoms with van der Waals surface area (Å²) in [6.07, 6.45) is 9.17. The fraction of sp³-hybridized carbons (Fsp3) is 1.00. The maximum Gasteiger partial charge on any atom is 0.0494 e. The topological polar surface area (TPSA) is 21.3 Å². The first kappa shape index (κ1) is 16.0. The lowest BCUT2D eigenvalue weighted by atomic mass is 10.00. The van der Waals surface area contributed by atoms with Crippen molar-refractivity contribution in [2.45, 2.75) is 71.8 Å². The molecule has 108 valence electrons. The van der Waals surface area contributed by atoms with Crippen LogP contribution in [0.2, 0.25) is 0 Å². The van der Waals surface area contributed by atoms with Gasteiger partial charge >= 0.3 is 0 Å². The van der Waals surface area contributed by atoms with Gasteiger partial charge in [0.25, 0.3) is 0 Å². The van der Waals surface area contributed by atoms with Gasteiger partial charge in [-0.2, -0.15) is 0 Å². The van der Waals surface area contributed by atoms with Crippen LogP contribution in [-0.2, 0) is 4.74 Å². The van der Waals surface area contributed by atoms with E-state index in [0.717, 1.165) is 31.1 Å². The third-order valence-electron chi connectivity index (χ3n) is 4.46. The molecule has 2 unspecified atom stereocenters. The zero-order valence-electron chi connectivity index (χ0n) is 12.7. The molecule has 1 aliphatic carbocycles. The summed E-state index contributed by atoms with van der Waals surface area (Å²) in [6, 6.07) is 0.765. The molecule has 0 radical (unpaired) electrons. The van der Waals surface area contributed by atoms with Crippen LogP contribution in [0.15, 0.2) is 0 Å². The third kappa shape index (κ3) is 5.71. The van der Waals surface area contributed by atoms with Crippen molar-refractivity contribution in [1.82, 2.24) is 5.32 Å². The van der Waals surface area contributed by atoms with E-state index in [9.17, 15) is 0 Å². The van der Waals surface area contributed by atoms with Crippen molar-refractivity contribution in [1.29, 1.82) is 0 Å². The summed E-state index contributed by atoms with van der Waals surface area (Å²) in [6.45, 7) is 9.88. The summed E-state index contributed by atoms with van der Waals surface area (Å²) < 4.78 is 5.86. The Balaban J connectivity index is 2.10. The van der Waals surface area contributed by atoms with Gasteiger partial charge in [-0.15, -0.1) is 0 Å². The molecule has 1 N–H and O–H groups in total. The molecular weight excluding hydrogens is 222 g/mol. The third-order valence-corrected chi connectivity index (χ3v) is 4.46. The van der Waals surface area contributed by atoms with Crippen molar-refractivity contribution >= 4 is 0 Å². The second kappa shape index (κ2) is 9.80. The lowest BCUT2D eigenvalue weighted by Gasteiger charge is -2.21. The summed E-state index contributed by atoms with van der Waals surface area (Å²) in [5, 5.41) is 3.70. The zero-order chi connectivity index (χ0) is 13.2. The average Bonchev–Trinajstić information content (AvgIpc) is 2.84. The van der Waals surface area contributed by atoms with Gasteiger partial charge in [0.05, 0.1) is 0 Å². The van der Waals surface area contributed by atoms with Gasteiger partial charge < -0.3 is 10.1 Å². The van der Waals surface area contributed by atoms with Crippen LogP contribution >= 0.6 is 0 Å². The number of ether oxygens (including phenoxy) is 1. The summed E-state index contributed by atoms with van der Waals surface area (Å²) in [4.78, 5) is 0. The van der Waals surface area contributed by atoms with Crippen molar-refractivity contribution in [2.75, 3.05) is 19.8 Å². The molecule has 2 atom stereocenters. The van der Waals surface area contributed by atoms with Gasteiger partial charge in [-0.05, 0) is 44.1 Å². The van der Waals surface area contributed by atoms with Crippen LogP contribution in [0.1, 0.15) is 65.7 Å². The summed E-state index contributed by atoms with van der Waals surface area (Å²) in [5.41, 5.74) is 0. The number of nitrogens with one attached hydrogen (secondary N) is 1. The molecule has 0 aromatic heterocycles. The van der Waals surface area contributed by atoms with Gasteiger partial charge in [-0.25, -0.2) is 0 Å². The molecule has 2 nitrogen and oxygen atoms in total. The van der Waals surface area contributed by atoms with E-state index < -0.39 is 0 Å². The highest BCUT2D eigenvalue weighted by Gasteiger charge is 2.26. The first-order valence-corrected chi connectivity index (χ1v) is 8.12. The molecular formula is C16H33NO. The molecule has 0 saturated heterocycles. The summed E-state index contributed by atoms with van der Waals surface area (Å²) in [5.74, 6) is 1.63. The Kier molecular flexibility index (Phi) is 8.70. The number of hydrogen-bond acceptors (Lipinski definition) is 2. The van der Waals surface area contributed by atoms with Crippen LogP contribution < -0.4 is 5.32 Å². The highest BCUT2D eigenvalue weighted by molar-refractivity contribution is 4.82. The molecule has 0 aromatic rings. The fourth-order valence-electron chi connectivity index (χ4n) is 2.99. The fourth-order valence-corrected chi connectivity index (χ4v) is 2.99. The standard InChI is InChI=1S/C16H33NO/c1-4-11-17-16-9-7-8-15(16)10-12-18-13-14(5-2)6-3/h14-17H,4-13H2,1-3H3. The monoisotopic (exact) mass is 255 g/mol. The van der Waals surface area contributed by atoms with E-state index in [-0.39, 0.29) is 0 Å². The Morgan fingerprint density at radius 3 is 2.61 bits per heavy atom. The highest BCUT2D eigenvalue weighted by Crippen LogP contribution is 2.28. The highest BCUT2D eigenvalue weighted by atomic mass is 16.5. The van der Waals surface area contributed by atoms with E-state index >= 15 is 0 Å². The van der Waals surface area contributed by atoms with Gasteiger partial charge in [-0.1, -0.05) is 40.0 Å². The predicted octanol–water partition coefficient (Wildman–Crippen LogP) is 4.00. The second-order valence-corrected chi connectivity index (χ2v) is 5.80. The largest absolute Gasteiger partial charge is 0.381 e. The predicted molar refractivity (Wildman–Crippen MR) is 78.9 cm³/mol. The molecule has 0 aliphatic heterocycles. The van der Waals surface area contributed by atoms with E-state index in [0.29, 0.717) is 0 Å². The molecule has 0 spiro atoms. The molecule has 0 aromatic carbocycles. The minimum atomic E-state index is 0.765. The van der Waals surface area contributed by atoms with E-state index in [2.05, 4.69) is 26.1 Å². The van der Waals surface area contributed by atoms with Crippen molar-refractivity contribution < 1.29 is 4.74 Å². The van der Waals surface area contributed by atoms with Crippen LogP contribution in [0.4, 0.5) is 0 Å².